The Morgan fingerprint density at radius 3 is 2.24 bits per heavy atom. The van der Waals surface area contributed by atoms with Crippen molar-refractivity contribution in [3.05, 3.63) is 21.9 Å². The van der Waals surface area contributed by atoms with Crippen molar-refractivity contribution < 1.29 is 5.11 Å². The van der Waals surface area contributed by atoms with Crippen LogP contribution in [0.4, 0.5) is 0 Å². The van der Waals surface area contributed by atoms with Gasteiger partial charge in [0, 0.05) is 4.88 Å². The Bertz CT molecular complexity index is 391. The minimum Gasteiger partial charge on any atom is -0.385 e. The second kappa shape index (κ2) is 4.10. The van der Waals surface area contributed by atoms with E-state index in [0.29, 0.717) is 5.41 Å². The molecule has 0 atom stereocenters. The molecule has 1 nitrogen and oxygen atoms in total. The predicted octanol–water partition coefficient (Wildman–Crippen LogP) is 4.38. The van der Waals surface area contributed by atoms with Gasteiger partial charge >= 0.3 is 0 Å². The van der Waals surface area contributed by atoms with E-state index >= 15 is 0 Å². The molecule has 2 fully saturated rings. The molecule has 1 N–H and O–H groups in total. The number of aliphatic hydroxyl groups is 1. The van der Waals surface area contributed by atoms with Gasteiger partial charge in [-0.25, -0.2) is 0 Å². The van der Waals surface area contributed by atoms with Crippen LogP contribution in [0.5, 0.6) is 0 Å². The Hall–Kier alpha value is -0.340. The Morgan fingerprint density at radius 2 is 1.71 bits per heavy atom. The first-order valence-corrected chi connectivity index (χ1v) is 7.79. The summed E-state index contributed by atoms with van der Waals surface area (Å²) >= 11 is 1.76. The Kier molecular flexibility index (Phi) is 2.83. The van der Waals surface area contributed by atoms with Crippen molar-refractivity contribution >= 4 is 11.3 Å². The topological polar surface area (TPSA) is 20.2 Å². The molecular weight excluding hydrogens is 228 g/mol. The molecule has 0 amide bonds. The van der Waals surface area contributed by atoms with Gasteiger partial charge in [-0.05, 0) is 67.9 Å². The lowest BCUT2D eigenvalue weighted by atomic mass is 9.66. The third kappa shape index (κ3) is 1.96. The smallest absolute Gasteiger partial charge is 0.0907 e. The molecule has 2 saturated carbocycles. The van der Waals surface area contributed by atoms with Crippen LogP contribution in [0.3, 0.4) is 0 Å². The molecule has 2 heteroatoms. The Balaban J connectivity index is 1.77. The molecule has 17 heavy (non-hydrogen) atoms. The minimum absolute atomic E-state index is 0.516. The van der Waals surface area contributed by atoms with Crippen LogP contribution in [-0.4, -0.2) is 5.11 Å². The Labute approximate surface area is 108 Å². The van der Waals surface area contributed by atoms with Gasteiger partial charge in [0.25, 0.3) is 0 Å². The fraction of sp³-hybridized carbons (Fsp3) is 0.733. The molecule has 3 rings (SSSR count). The van der Waals surface area contributed by atoms with Crippen molar-refractivity contribution in [1.29, 1.82) is 0 Å². The van der Waals surface area contributed by atoms with Gasteiger partial charge in [-0.15, -0.1) is 11.3 Å². The van der Waals surface area contributed by atoms with Gasteiger partial charge in [-0.2, -0.15) is 0 Å². The van der Waals surface area contributed by atoms with E-state index in [4.69, 9.17) is 0 Å². The highest BCUT2D eigenvalue weighted by molar-refractivity contribution is 7.10. The maximum atomic E-state index is 10.9. The molecule has 94 valence electrons. The lowest BCUT2D eigenvalue weighted by molar-refractivity contribution is -0.0377. The van der Waals surface area contributed by atoms with Crippen LogP contribution in [0.1, 0.15) is 61.8 Å². The summed E-state index contributed by atoms with van der Waals surface area (Å²) in [5.74, 6) is 0. The van der Waals surface area contributed by atoms with Gasteiger partial charge in [0.15, 0.2) is 0 Å². The minimum atomic E-state index is -0.516. The van der Waals surface area contributed by atoms with E-state index < -0.39 is 5.60 Å². The maximum Gasteiger partial charge on any atom is 0.0907 e. The second-order valence-electron chi connectivity index (χ2n) is 6.13. The van der Waals surface area contributed by atoms with E-state index in [1.54, 1.807) is 11.3 Å². The number of hydrogen-bond donors (Lipinski definition) is 1. The van der Waals surface area contributed by atoms with Crippen LogP contribution >= 0.6 is 11.3 Å². The van der Waals surface area contributed by atoms with Crippen molar-refractivity contribution in [3.63, 3.8) is 0 Å². The second-order valence-corrected chi connectivity index (χ2v) is 7.25. The predicted molar refractivity (Wildman–Crippen MR) is 72.3 cm³/mol. The molecule has 0 aromatic carbocycles. The zero-order valence-electron chi connectivity index (χ0n) is 10.7. The summed E-state index contributed by atoms with van der Waals surface area (Å²) in [5, 5.41) is 13.0. The molecule has 0 saturated heterocycles. The fourth-order valence-corrected chi connectivity index (χ4v) is 4.75. The standard InChI is InChI=1S/C15H22OS/c1-12-13(4-11-17-12)15(16)9-7-14(8-10-15)5-2-3-6-14/h4,11,16H,2-3,5-10H2,1H3. The van der Waals surface area contributed by atoms with Gasteiger partial charge in [0.2, 0.25) is 0 Å². The number of aryl methyl sites for hydroxylation is 1. The summed E-state index contributed by atoms with van der Waals surface area (Å²) < 4.78 is 0. The van der Waals surface area contributed by atoms with Gasteiger partial charge < -0.3 is 5.11 Å². The lowest BCUT2D eigenvalue weighted by Crippen LogP contribution is -2.36. The van der Waals surface area contributed by atoms with Gasteiger partial charge in [0.05, 0.1) is 5.60 Å². The zero-order chi connectivity index (χ0) is 11.9. The van der Waals surface area contributed by atoms with Crippen LogP contribution in [0.25, 0.3) is 0 Å². The summed E-state index contributed by atoms with van der Waals surface area (Å²) in [4.78, 5) is 1.30. The first-order chi connectivity index (χ1) is 8.14. The van der Waals surface area contributed by atoms with Gasteiger partial charge in [0.1, 0.15) is 0 Å². The van der Waals surface area contributed by atoms with Gasteiger partial charge in [-0.3, -0.25) is 0 Å². The molecule has 1 aromatic heterocycles. The molecule has 0 unspecified atom stereocenters. The van der Waals surface area contributed by atoms with E-state index in [-0.39, 0.29) is 0 Å². The molecule has 1 aromatic rings. The molecule has 1 spiro atoms. The van der Waals surface area contributed by atoms with Crippen molar-refractivity contribution in [2.75, 3.05) is 0 Å². The molecule has 0 radical (unpaired) electrons. The van der Waals surface area contributed by atoms with Crippen LogP contribution in [-0.2, 0) is 5.60 Å². The van der Waals surface area contributed by atoms with Gasteiger partial charge in [-0.1, -0.05) is 12.8 Å². The normalized spacial score (nSPS) is 26.5. The average molecular weight is 250 g/mol. The zero-order valence-corrected chi connectivity index (χ0v) is 11.5. The van der Waals surface area contributed by atoms with E-state index in [1.807, 2.05) is 0 Å². The van der Waals surface area contributed by atoms with Crippen LogP contribution in [0.15, 0.2) is 11.4 Å². The lowest BCUT2D eigenvalue weighted by Gasteiger charge is -2.42. The third-order valence-corrected chi connectivity index (χ3v) is 6.01. The van der Waals surface area contributed by atoms with Crippen molar-refractivity contribution in [2.24, 2.45) is 5.41 Å². The third-order valence-electron chi connectivity index (χ3n) is 5.16. The van der Waals surface area contributed by atoms with E-state index in [2.05, 4.69) is 18.4 Å². The quantitative estimate of drug-likeness (QED) is 0.784. The van der Waals surface area contributed by atoms with E-state index in [1.165, 1.54) is 49.0 Å². The van der Waals surface area contributed by atoms with Crippen LogP contribution in [0, 0.1) is 12.3 Å². The summed E-state index contributed by atoms with van der Waals surface area (Å²) in [7, 11) is 0. The monoisotopic (exact) mass is 250 g/mol. The van der Waals surface area contributed by atoms with Crippen molar-refractivity contribution in [3.8, 4) is 0 Å². The van der Waals surface area contributed by atoms with Crippen molar-refractivity contribution in [2.45, 2.75) is 63.9 Å². The maximum absolute atomic E-state index is 10.9. The molecule has 2 aliphatic carbocycles. The fourth-order valence-electron chi connectivity index (χ4n) is 3.96. The van der Waals surface area contributed by atoms with Crippen molar-refractivity contribution in [1.82, 2.24) is 0 Å². The molecule has 0 bridgehead atoms. The number of thiophene rings is 1. The SMILES string of the molecule is Cc1sccc1C1(O)CCC2(CCCC2)CC1. The largest absolute Gasteiger partial charge is 0.385 e. The highest BCUT2D eigenvalue weighted by Crippen LogP contribution is 2.54. The first-order valence-electron chi connectivity index (χ1n) is 6.91. The molecule has 2 aliphatic rings. The summed E-state index contributed by atoms with van der Waals surface area (Å²) in [6.45, 7) is 2.14. The summed E-state index contributed by atoms with van der Waals surface area (Å²) in [6, 6.07) is 2.13. The summed E-state index contributed by atoms with van der Waals surface area (Å²) in [6.07, 6.45) is 10.1. The summed E-state index contributed by atoms with van der Waals surface area (Å²) in [5.41, 5.74) is 1.30. The van der Waals surface area contributed by atoms with E-state index in [0.717, 1.165) is 12.8 Å². The van der Waals surface area contributed by atoms with E-state index in [9.17, 15) is 5.11 Å². The molecule has 1 heterocycles. The Morgan fingerprint density at radius 1 is 1.06 bits per heavy atom. The first kappa shape index (κ1) is 11.7. The number of rotatable bonds is 1. The molecule has 0 aliphatic heterocycles. The highest BCUT2D eigenvalue weighted by Gasteiger charge is 2.44. The number of hydrogen-bond acceptors (Lipinski definition) is 2. The van der Waals surface area contributed by atoms with Crippen LogP contribution < -0.4 is 0 Å². The van der Waals surface area contributed by atoms with Crippen LogP contribution in [0.2, 0.25) is 0 Å². The average Bonchev–Trinajstić information content (AvgIpc) is 2.94. The highest BCUT2D eigenvalue weighted by atomic mass is 32.1. The molecular formula is C15H22OS.